The second-order valence-corrected chi connectivity index (χ2v) is 11.0. The molecule has 1 amide bonds. The van der Waals surface area contributed by atoms with Crippen LogP contribution in [0.1, 0.15) is 38.7 Å². The van der Waals surface area contributed by atoms with Gasteiger partial charge in [-0.15, -0.1) is 0 Å². The van der Waals surface area contributed by atoms with Crippen molar-refractivity contribution in [1.82, 2.24) is 14.9 Å². The van der Waals surface area contributed by atoms with Crippen LogP contribution in [0.3, 0.4) is 0 Å². The standard InChI is InChI=1S/C29H25N5O4S/c1-18-6-4-7-19(2)27(18)24-15-26-32-29(31-24)33-39(36,37)23-9-5-8-22(14-23)28(35)34(3)17-25(38-26)21-12-10-20(16-30)11-13-21/h4-15,25H,17H2,1-3H3,(H,31,32,33). The first-order valence-electron chi connectivity index (χ1n) is 12.2. The Morgan fingerprint density at radius 1 is 1.00 bits per heavy atom. The fourth-order valence-electron chi connectivity index (χ4n) is 4.53. The van der Waals surface area contributed by atoms with Crippen LogP contribution in [-0.4, -0.2) is 42.8 Å². The van der Waals surface area contributed by atoms with E-state index in [9.17, 15) is 18.5 Å². The third-order valence-electron chi connectivity index (χ3n) is 6.52. The highest BCUT2D eigenvalue weighted by Crippen LogP contribution is 2.32. The molecular formula is C29H25N5O4S. The molecule has 196 valence electrons. The lowest BCUT2D eigenvalue weighted by atomic mass is 10.00. The molecule has 10 heteroatoms. The molecule has 0 fully saturated rings. The molecule has 1 unspecified atom stereocenters. The normalized spacial score (nSPS) is 16.5. The number of amides is 1. The molecule has 0 spiro atoms. The van der Waals surface area contributed by atoms with E-state index in [2.05, 4.69) is 20.8 Å². The van der Waals surface area contributed by atoms with Gasteiger partial charge in [0.05, 0.1) is 28.8 Å². The summed E-state index contributed by atoms with van der Waals surface area (Å²) in [5.74, 6) is -0.405. The smallest absolute Gasteiger partial charge is 0.264 e. The Kier molecular flexibility index (Phi) is 6.76. The van der Waals surface area contributed by atoms with Crippen LogP contribution < -0.4 is 9.46 Å². The Hall–Kier alpha value is -4.75. The summed E-state index contributed by atoms with van der Waals surface area (Å²) in [5.41, 5.74) is 4.63. The number of likely N-dealkylation sites (N-methyl/N-ethyl adjacent to an activating group) is 1. The van der Waals surface area contributed by atoms with E-state index in [0.29, 0.717) is 16.8 Å². The van der Waals surface area contributed by atoms with E-state index >= 15 is 0 Å². The lowest BCUT2D eigenvalue weighted by Gasteiger charge is -2.25. The van der Waals surface area contributed by atoms with Crippen molar-refractivity contribution >= 4 is 21.9 Å². The summed E-state index contributed by atoms with van der Waals surface area (Å²) in [6.45, 7) is 4.03. The number of sulfonamides is 1. The SMILES string of the molecule is Cc1cccc(C)c1-c1cc2nc(n1)NS(=O)(=O)c1cccc(c1)C(=O)N(C)CC(c1ccc(C#N)cc1)O2. The molecule has 5 rings (SSSR count). The van der Waals surface area contributed by atoms with Gasteiger partial charge < -0.3 is 9.64 Å². The second kappa shape index (κ2) is 10.2. The number of aryl methyl sites for hydroxylation is 2. The zero-order valence-electron chi connectivity index (χ0n) is 21.5. The molecule has 4 aromatic rings. The number of hydrogen-bond acceptors (Lipinski definition) is 7. The van der Waals surface area contributed by atoms with Gasteiger partial charge in [-0.2, -0.15) is 10.2 Å². The van der Waals surface area contributed by atoms with E-state index in [0.717, 1.165) is 16.7 Å². The Balaban J connectivity index is 1.71. The molecule has 0 saturated heterocycles. The number of aromatic nitrogens is 2. The van der Waals surface area contributed by atoms with Crippen LogP contribution in [0.2, 0.25) is 0 Å². The Morgan fingerprint density at radius 3 is 2.38 bits per heavy atom. The highest BCUT2D eigenvalue weighted by atomic mass is 32.2. The van der Waals surface area contributed by atoms with Gasteiger partial charge in [0, 0.05) is 24.2 Å². The minimum atomic E-state index is -4.12. The van der Waals surface area contributed by atoms with Gasteiger partial charge in [-0.3, -0.25) is 4.79 Å². The number of carbonyl (C=O) groups is 1. The molecule has 39 heavy (non-hydrogen) atoms. The molecule has 1 atom stereocenters. The summed E-state index contributed by atoms with van der Waals surface area (Å²) in [7, 11) is -2.50. The number of hydrogen-bond donors (Lipinski definition) is 1. The summed E-state index contributed by atoms with van der Waals surface area (Å²) in [5, 5.41) is 9.23. The van der Waals surface area contributed by atoms with E-state index in [4.69, 9.17) is 4.74 Å². The number of carbonyl (C=O) groups excluding carboxylic acids is 1. The highest BCUT2D eigenvalue weighted by molar-refractivity contribution is 7.92. The lowest BCUT2D eigenvalue weighted by Crippen LogP contribution is -2.33. The number of anilines is 1. The van der Waals surface area contributed by atoms with Gasteiger partial charge in [-0.25, -0.2) is 18.1 Å². The number of nitriles is 1. The van der Waals surface area contributed by atoms with Crippen LogP contribution in [0, 0.1) is 25.2 Å². The first-order valence-corrected chi connectivity index (χ1v) is 13.6. The Bertz CT molecular complexity index is 1710. The monoisotopic (exact) mass is 539 g/mol. The average Bonchev–Trinajstić information content (AvgIpc) is 2.91. The zero-order valence-corrected chi connectivity index (χ0v) is 22.4. The van der Waals surface area contributed by atoms with Crippen molar-refractivity contribution in [3.63, 3.8) is 0 Å². The van der Waals surface area contributed by atoms with Crippen molar-refractivity contribution in [3.05, 3.63) is 101 Å². The predicted molar refractivity (Wildman–Crippen MR) is 146 cm³/mol. The minimum absolute atomic E-state index is 0.0896. The number of nitrogens with zero attached hydrogens (tertiary/aromatic N) is 4. The molecular weight excluding hydrogens is 514 g/mol. The molecule has 9 nitrogen and oxygen atoms in total. The third-order valence-corrected chi connectivity index (χ3v) is 7.84. The minimum Gasteiger partial charge on any atom is -0.467 e. The number of fused-ring (bicyclic) bond motifs is 4. The molecule has 1 aliphatic rings. The maximum atomic E-state index is 13.3. The predicted octanol–water partition coefficient (Wildman–Crippen LogP) is 4.64. The van der Waals surface area contributed by atoms with Crippen molar-refractivity contribution in [2.45, 2.75) is 24.8 Å². The van der Waals surface area contributed by atoms with Gasteiger partial charge in [0.25, 0.3) is 15.9 Å². The quantitative estimate of drug-likeness (QED) is 0.393. The van der Waals surface area contributed by atoms with Crippen LogP contribution in [0.5, 0.6) is 5.88 Å². The first-order chi connectivity index (χ1) is 18.6. The van der Waals surface area contributed by atoms with Crippen molar-refractivity contribution < 1.29 is 17.9 Å². The molecule has 0 radical (unpaired) electrons. The first kappa shape index (κ1) is 25.9. The van der Waals surface area contributed by atoms with Crippen LogP contribution in [0.25, 0.3) is 11.3 Å². The molecule has 4 bridgehead atoms. The molecule has 1 aliphatic heterocycles. The second-order valence-electron chi connectivity index (χ2n) is 9.34. The summed E-state index contributed by atoms with van der Waals surface area (Å²) in [6, 6.07) is 22.3. The largest absolute Gasteiger partial charge is 0.467 e. The van der Waals surface area contributed by atoms with Gasteiger partial charge in [-0.05, 0) is 60.9 Å². The van der Waals surface area contributed by atoms with E-state index in [1.165, 1.54) is 23.1 Å². The van der Waals surface area contributed by atoms with Crippen molar-refractivity contribution in [3.8, 4) is 23.2 Å². The van der Waals surface area contributed by atoms with Crippen molar-refractivity contribution in [2.24, 2.45) is 0 Å². The van der Waals surface area contributed by atoms with Crippen molar-refractivity contribution in [1.29, 1.82) is 5.26 Å². The van der Waals surface area contributed by atoms with Gasteiger partial charge in [0.15, 0.2) is 0 Å². The molecule has 2 heterocycles. The fraction of sp³-hybridized carbons (Fsp3) is 0.172. The van der Waals surface area contributed by atoms with Crippen LogP contribution in [0.4, 0.5) is 5.95 Å². The molecule has 0 saturated carbocycles. The van der Waals surface area contributed by atoms with Gasteiger partial charge >= 0.3 is 0 Å². The Morgan fingerprint density at radius 2 is 1.69 bits per heavy atom. The number of benzene rings is 3. The number of rotatable bonds is 2. The number of nitrogens with one attached hydrogen (secondary N) is 1. The summed E-state index contributed by atoms with van der Waals surface area (Å²) >= 11 is 0. The third kappa shape index (κ3) is 5.30. The molecule has 0 aliphatic carbocycles. The van der Waals surface area contributed by atoms with E-state index in [1.807, 2.05) is 32.0 Å². The summed E-state index contributed by atoms with van der Waals surface area (Å²) in [6.07, 6.45) is -0.680. The van der Waals surface area contributed by atoms with Gasteiger partial charge in [0.1, 0.15) is 6.10 Å². The summed E-state index contributed by atoms with van der Waals surface area (Å²) < 4.78 is 35.4. The van der Waals surface area contributed by atoms with Crippen molar-refractivity contribution in [2.75, 3.05) is 18.3 Å². The summed E-state index contributed by atoms with van der Waals surface area (Å²) in [4.78, 5) is 23.6. The topological polar surface area (TPSA) is 125 Å². The van der Waals surface area contributed by atoms with Crippen LogP contribution >= 0.6 is 0 Å². The Labute approximate surface area is 226 Å². The molecule has 1 aromatic heterocycles. The van der Waals surface area contributed by atoms with Crippen LogP contribution in [0.15, 0.2) is 77.7 Å². The van der Waals surface area contributed by atoms with E-state index < -0.39 is 16.1 Å². The van der Waals surface area contributed by atoms with Gasteiger partial charge in [-0.1, -0.05) is 36.4 Å². The van der Waals surface area contributed by atoms with Crippen LogP contribution in [-0.2, 0) is 10.0 Å². The maximum Gasteiger partial charge on any atom is 0.264 e. The highest BCUT2D eigenvalue weighted by Gasteiger charge is 2.25. The fourth-order valence-corrected chi connectivity index (χ4v) is 5.52. The molecule has 1 N–H and O–H groups in total. The average molecular weight is 540 g/mol. The molecule has 3 aromatic carbocycles. The van der Waals surface area contributed by atoms with Gasteiger partial charge in [0.2, 0.25) is 11.8 Å². The number of ether oxygens (including phenoxy) is 1. The van der Waals surface area contributed by atoms with E-state index in [1.54, 1.807) is 43.4 Å². The maximum absolute atomic E-state index is 13.3. The zero-order chi connectivity index (χ0) is 27.7. The van der Waals surface area contributed by atoms with E-state index in [-0.39, 0.29) is 34.7 Å². The lowest BCUT2D eigenvalue weighted by molar-refractivity contribution is 0.0706.